The average Bonchev–Trinajstić information content (AvgIpc) is 2.69. The van der Waals surface area contributed by atoms with Crippen molar-refractivity contribution in [3.8, 4) is 11.5 Å². The number of rotatable bonds is 6. The molecule has 142 valence electrons. The summed E-state index contributed by atoms with van der Waals surface area (Å²) in [6, 6.07) is 21.3. The first kappa shape index (κ1) is 19.2. The first-order valence-electron chi connectivity index (χ1n) is 8.88. The maximum atomic E-state index is 12.1. The third-order valence-electron chi connectivity index (χ3n) is 4.06. The fourth-order valence-corrected chi connectivity index (χ4v) is 2.66. The first-order chi connectivity index (χ1) is 13.5. The summed E-state index contributed by atoms with van der Waals surface area (Å²) in [7, 11) is 0. The summed E-state index contributed by atoms with van der Waals surface area (Å²) in [5.41, 5.74) is 3.28. The van der Waals surface area contributed by atoms with Crippen LogP contribution in [0, 0.1) is 13.8 Å². The molecular weight excluding hydrogens is 354 g/mol. The number of benzene rings is 3. The summed E-state index contributed by atoms with van der Waals surface area (Å²) < 4.78 is 10.8. The number of nitrogens with one attached hydrogen (secondary N) is 1. The van der Waals surface area contributed by atoms with Crippen molar-refractivity contribution in [1.82, 2.24) is 0 Å². The Hall–Kier alpha value is -3.60. The van der Waals surface area contributed by atoms with Crippen LogP contribution in [0.5, 0.6) is 11.5 Å². The van der Waals surface area contributed by atoms with Crippen molar-refractivity contribution in [2.24, 2.45) is 0 Å². The Morgan fingerprint density at radius 3 is 2.29 bits per heavy atom. The minimum atomic E-state index is -0.499. The normalized spacial score (nSPS) is 10.2. The van der Waals surface area contributed by atoms with E-state index in [-0.39, 0.29) is 12.5 Å². The van der Waals surface area contributed by atoms with Gasteiger partial charge in [0, 0.05) is 11.3 Å². The van der Waals surface area contributed by atoms with Crippen LogP contribution >= 0.6 is 0 Å². The Labute approximate surface area is 163 Å². The number of carbonyl (C=O) groups excluding carboxylic acids is 2. The van der Waals surface area contributed by atoms with Crippen LogP contribution in [0.2, 0.25) is 0 Å². The number of esters is 1. The van der Waals surface area contributed by atoms with E-state index in [2.05, 4.69) is 5.32 Å². The number of aryl methyl sites for hydroxylation is 2. The molecule has 3 aromatic rings. The molecule has 28 heavy (non-hydrogen) atoms. The molecule has 0 heterocycles. The molecule has 0 bridgehead atoms. The van der Waals surface area contributed by atoms with E-state index in [0.29, 0.717) is 22.7 Å². The van der Waals surface area contributed by atoms with E-state index in [9.17, 15) is 9.59 Å². The fourth-order valence-electron chi connectivity index (χ4n) is 2.66. The second-order valence-electron chi connectivity index (χ2n) is 6.38. The molecule has 5 nitrogen and oxygen atoms in total. The highest BCUT2D eigenvalue weighted by Gasteiger charge is 2.09. The Bertz CT molecular complexity index is 966. The molecule has 0 unspecified atom stereocenters. The Morgan fingerprint density at radius 2 is 1.61 bits per heavy atom. The zero-order valence-corrected chi connectivity index (χ0v) is 15.8. The van der Waals surface area contributed by atoms with Gasteiger partial charge in [-0.25, -0.2) is 4.79 Å². The molecule has 3 aromatic carbocycles. The molecule has 0 aliphatic rings. The van der Waals surface area contributed by atoms with E-state index in [1.54, 1.807) is 48.5 Å². The first-order valence-corrected chi connectivity index (χ1v) is 8.88. The van der Waals surface area contributed by atoms with Crippen LogP contribution in [0.3, 0.4) is 0 Å². The topological polar surface area (TPSA) is 64.6 Å². The van der Waals surface area contributed by atoms with Crippen molar-refractivity contribution >= 4 is 17.6 Å². The van der Waals surface area contributed by atoms with Crippen LogP contribution in [0.1, 0.15) is 21.5 Å². The van der Waals surface area contributed by atoms with Gasteiger partial charge in [-0.2, -0.15) is 0 Å². The van der Waals surface area contributed by atoms with E-state index >= 15 is 0 Å². The molecule has 5 heteroatoms. The van der Waals surface area contributed by atoms with Crippen LogP contribution in [0.4, 0.5) is 5.69 Å². The minimum absolute atomic E-state index is 0.184. The van der Waals surface area contributed by atoms with Gasteiger partial charge >= 0.3 is 5.97 Å². The van der Waals surface area contributed by atoms with Gasteiger partial charge in [0.25, 0.3) is 5.91 Å². The van der Waals surface area contributed by atoms with Crippen molar-refractivity contribution in [3.63, 3.8) is 0 Å². The standard InChI is InChI=1S/C23H21NO4/c1-16-8-13-21(17(2)14-16)27-15-22(25)28-20-11-9-19(10-12-20)24-23(26)18-6-4-3-5-7-18/h3-14H,15H2,1-2H3,(H,24,26). The van der Waals surface area contributed by atoms with Gasteiger partial charge in [0.15, 0.2) is 6.61 Å². The lowest BCUT2D eigenvalue weighted by atomic mass is 10.1. The lowest BCUT2D eigenvalue weighted by Crippen LogP contribution is -2.18. The Balaban J connectivity index is 1.52. The highest BCUT2D eigenvalue weighted by Crippen LogP contribution is 2.20. The smallest absolute Gasteiger partial charge is 0.349 e. The van der Waals surface area contributed by atoms with E-state index in [1.165, 1.54) is 0 Å². The quantitative estimate of drug-likeness (QED) is 0.507. The molecule has 0 aliphatic heterocycles. The number of anilines is 1. The van der Waals surface area contributed by atoms with Gasteiger partial charge in [0.1, 0.15) is 11.5 Å². The second kappa shape index (κ2) is 8.86. The number of hydrogen-bond donors (Lipinski definition) is 1. The van der Waals surface area contributed by atoms with Crippen LogP contribution in [0.25, 0.3) is 0 Å². The highest BCUT2D eigenvalue weighted by atomic mass is 16.6. The molecule has 3 rings (SSSR count). The fraction of sp³-hybridized carbons (Fsp3) is 0.130. The van der Waals surface area contributed by atoms with Crippen molar-refractivity contribution < 1.29 is 19.1 Å². The summed E-state index contributed by atoms with van der Waals surface area (Å²) in [5, 5.41) is 2.79. The van der Waals surface area contributed by atoms with Crippen LogP contribution < -0.4 is 14.8 Å². The number of carbonyl (C=O) groups is 2. The van der Waals surface area contributed by atoms with E-state index in [0.717, 1.165) is 11.1 Å². The molecule has 0 aromatic heterocycles. The van der Waals surface area contributed by atoms with E-state index in [1.807, 2.05) is 38.1 Å². The maximum Gasteiger partial charge on any atom is 0.349 e. The molecule has 0 atom stereocenters. The van der Waals surface area contributed by atoms with Crippen molar-refractivity contribution in [1.29, 1.82) is 0 Å². The summed E-state index contributed by atoms with van der Waals surface area (Å²) in [4.78, 5) is 24.1. The monoisotopic (exact) mass is 375 g/mol. The number of ether oxygens (including phenoxy) is 2. The Kier molecular flexibility index (Phi) is 6.07. The molecule has 0 saturated heterocycles. The maximum absolute atomic E-state index is 12.1. The van der Waals surface area contributed by atoms with Gasteiger partial charge in [-0.3, -0.25) is 4.79 Å². The second-order valence-corrected chi connectivity index (χ2v) is 6.38. The van der Waals surface area contributed by atoms with Gasteiger partial charge in [-0.1, -0.05) is 35.9 Å². The lowest BCUT2D eigenvalue weighted by molar-refractivity contribution is -0.136. The summed E-state index contributed by atoms with van der Waals surface area (Å²) in [5.74, 6) is 0.335. The summed E-state index contributed by atoms with van der Waals surface area (Å²) in [6.45, 7) is 3.74. The molecular formula is C23H21NO4. The molecule has 1 N–H and O–H groups in total. The van der Waals surface area contributed by atoms with E-state index in [4.69, 9.17) is 9.47 Å². The largest absolute Gasteiger partial charge is 0.482 e. The lowest BCUT2D eigenvalue weighted by Gasteiger charge is -2.10. The van der Waals surface area contributed by atoms with Gasteiger partial charge < -0.3 is 14.8 Å². The van der Waals surface area contributed by atoms with Crippen molar-refractivity contribution in [2.75, 3.05) is 11.9 Å². The predicted molar refractivity (Wildman–Crippen MR) is 108 cm³/mol. The van der Waals surface area contributed by atoms with Crippen LogP contribution in [-0.4, -0.2) is 18.5 Å². The summed E-state index contributed by atoms with van der Waals surface area (Å²) >= 11 is 0. The third-order valence-corrected chi connectivity index (χ3v) is 4.06. The molecule has 0 fully saturated rings. The van der Waals surface area contributed by atoms with Crippen LogP contribution in [0.15, 0.2) is 72.8 Å². The minimum Gasteiger partial charge on any atom is -0.482 e. The molecule has 0 spiro atoms. The molecule has 0 saturated carbocycles. The average molecular weight is 375 g/mol. The zero-order valence-electron chi connectivity index (χ0n) is 15.8. The van der Waals surface area contributed by atoms with Crippen molar-refractivity contribution in [3.05, 3.63) is 89.5 Å². The SMILES string of the molecule is Cc1ccc(OCC(=O)Oc2ccc(NC(=O)c3ccccc3)cc2)c(C)c1. The van der Waals surface area contributed by atoms with E-state index < -0.39 is 5.97 Å². The predicted octanol–water partition coefficient (Wildman–Crippen LogP) is 4.54. The molecule has 0 radical (unpaired) electrons. The molecule has 1 amide bonds. The highest BCUT2D eigenvalue weighted by molar-refractivity contribution is 6.04. The van der Waals surface area contributed by atoms with Gasteiger partial charge in [0.2, 0.25) is 0 Å². The number of amides is 1. The summed E-state index contributed by atoms with van der Waals surface area (Å²) in [6.07, 6.45) is 0. The van der Waals surface area contributed by atoms with Gasteiger partial charge in [-0.15, -0.1) is 0 Å². The third kappa shape index (κ3) is 5.20. The van der Waals surface area contributed by atoms with Crippen LogP contribution in [-0.2, 0) is 4.79 Å². The Morgan fingerprint density at radius 1 is 0.893 bits per heavy atom. The number of hydrogen-bond acceptors (Lipinski definition) is 4. The van der Waals surface area contributed by atoms with Gasteiger partial charge in [-0.05, 0) is 61.9 Å². The van der Waals surface area contributed by atoms with Crippen molar-refractivity contribution in [2.45, 2.75) is 13.8 Å². The molecule has 0 aliphatic carbocycles. The van der Waals surface area contributed by atoms with Gasteiger partial charge in [0.05, 0.1) is 0 Å². The zero-order chi connectivity index (χ0) is 19.9.